The van der Waals surface area contributed by atoms with Gasteiger partial charge in [0, 0.05) is 4.47 Å². The number of hydrogen-bond acceptors (Lipinski definition) is 1. The van der Waals surface area contributed by atoms with Crippen LogP contribution in [0.3, 0.4) is 0 Å². The van der Waals surface area contributed by atoms with Gasteiger partial charge in [-0.2, -0.15) is 0 Å². The zero-order chi connectivity index (χ0) is 10.0. The van der Waals surface area contributed by atoms with Crippen molar-refractivity contribution in [2.24, 2.45) is 0 Å². The van der Waals surface area contributed by atoms with Crippen LogP contribution in [0.25, 0.3) is 0 Å². The van der Waals surface area contributed by atoms with Gasteiger partial charge in [0.1, 0.15) is 5.75 Å². The van der Waals surface area contributed by atoms with Crippen molar-refractivity contribution in [1.29, 1.82) is 0 Å². The maximum absolute atomic E-state index is 5.32. The largest absolute Gasteiger partial charge is 0.496 e. The number of benzene rings is 1. The first kappa shape index (κ1) is 10.6. The molecule has 0 atom stereocenters. The Morgan fingerprint density at radius 3 is 2.38 bits per heavy atom. The van der Waals surface area contributed by atoms with Crippen LogP contribution in [0.5, 0.6) is 5.75 Å². The highest BCUT2D eigenvalue weighted by atomic mass is 79.9. The normalized spacial score (nSPS) is 10.6. The smallest absolute Gasteiger partial charge is 0.122 e. The molecule has 0 aromatic heterocycles. The Kier molecular flexibility index (Phi) is 3.37. The molecular formula is C11H15BrO. The molecular weight excluding hydrogens is 228 g/mol. The molecule has 0 saturated heterocycles. The Hall–Kier alpha value is -0.500. The van der Waals surface area contributed by atoms with E-state index in [1.807, 2.05) is 0 Å². The van der Waals surface area contributed by atoms with Gasteiger partial charge in [0.05, 0.1) is 7.11 Å². The molecule has 1 aromatic carbocycles. The van der Waals surface area contributed by atoms with E-state index in [1.54, 1.807) is 7.11 Å². The van der Waals surface area contributed by atoms with Crippen LogP contribution < -0.4 is 4.74 Å². The summed E-state index contributed by atoms with van der Waals surface area (Å²) in [5.41, 5.74) is 2.46. The van der Waals surface area contributed by atoms with Crippen molar-refractivity contribution >= 4 is 15.9 Å². The third-order valence-corrected chi connectivity index (χ3v) is 2.99. The molecule has 1 aromatic rings. The summed E-state index contributed by atoms with van der Waals surface area (Å²) in [6, 6.07) is 4.21. The van der Waals surface area contributed by atoms with Crippen LogP contribution in [-0.4, -0.2) is 7.11 Å². The van der Waals surface area contributed by atoms with Crippen molar-refractivity contribution in [2.45, 2.75) is 26.7 Å². The number of halogens is 1. The van der Waals surface area contributed by atoms with Crippen LogP contribution in [0.4, 0.5) is 0 Å². The van der Waals surface area contributed by atoms with E-state index in [-0.39, 0.29) is 0 Å². The molecule has 0 aliphatic rings. The van der Waals surface area contributed by atoms with Crippen molar-refractivity contribution in [3.8, 4) is 5.75 Å². The maximum atomic E-state index is 5.32. The van der Waals surface area contributed by atoms with Crippen LogP contribution in [0.2, 0.25) is 0 Å². The highest BCUT2D eigenvalue weighted by molar-refractivity contribution is 9.10. The molecule has 0 fully saturated rings. The van der Waals surface area contributed by atoms with E-state index < -0.39 is 0 Å². The Labute approximate surface area is 88.2 Å². The fourth-order valence-electron chi connectivity index (χ4n) is 1.30. The second-order valence-electron chi connectivity index (χ2n) is 3.50. The summed E-state index contributed by atoms with van der Waals surface area (Å²) < 4.78 is 6.47. The Morgan fingerprint density at radius 1 is 1.31 bits per heavy atom. The molecule has 2 heteroatoms. The molecule has 0 saturated carbocycles. The van der Waals surface area contributed by atoms with Crippen molar-refractivity contribution < 1.29 is 4.74 Å². The summed E-state index contributed by atoms with van der Waals surface area (Å²) in [4.78, 5) is 0. The average molecular weight is 243 g/mol. The van der Waals surface area contributed by atoms with Crippen LogP contribution in [-0.2, 0) is 0 Å². The first-order valence-electron chi connectivity index (χ1n) is 4.40. The van der Waals surface area contributed by atoms with E-state index in [4.69, 9.17) is 4.74 Å². The van der Waals surface area contributed by atoms with E-state index in [0.717, 1.165) is 10.2 Å². The van der Waals surface area contributed by atoms with Gasteiger partial charge in [-0.1, -0.05) is 29.8 Å². The van der Waals surface area contributed by atoms with Crippen LogP contribution in [0.15, 0.2) is 16.6 Å². The van der Waals surface area contributed by atoms with E-state index in [1.165, 1.54) is 11.1 Å². The lowest BCUT2D eigenvalue weighted by molar-refractivity contribution is 0.407. The zero-order valence-electron chi connectivity index (χ0n) is 8.52. The number of aryl methyl sites for hydroxylation is 1. The highest BCUT2D eigenvalue weighted by Crippen LogP contribution is 2.31. The molecule has 1 rings (SSSR count). The van der Waals surface area contributed by atoms with Crippen molar-refractivity contribution in [3.05, 3.63) is 27.7 Å². The Balaban J connectivity index is 3.25. The first-order valence-corrected chi connectivity index (χ1v) is 5.19. The lowest BCUT2D eigenvalue weighted by Crippen LogP contribution is -1.95. The van der Waals surface area contributed by atoms with Crippen LogP contribution in [0.1, 0.15) is 30.9 Å². The Bertz CT molecular complexity index is 305. The minimum absolute atomic E-state index is 0.492. The fraction of sp³-hybridized carbons (Fsp3) is 0.455. The molecule has 0 spiro atoms. The van der Waals surface area contributed by atoms with Gasteiger partial charge in [-0.15, -0.1) is 0 Å². The summed E-state index contributed by atoms with van der Waals surface area (Å²) in [5, 5.41) is 0. The minimum Gasteiger partial charge on any atom is -0.496 e. The SMILES string of the molecule is COc1cc(C)c(Br)cc1C(C)C. The maximum Gasteiger partial charge on any atom is 0.122 e. The summed E-state index contributed by atoms with van der Waals surface area (Å²) in [6.07, 6.45) is 0. The standard InChI is InChI=1S/C11H15BrO/c1-7(2)9-6-10(12)8(3)5-11(9)13-4/h5-7H,1-4H3. The zero-order valence-corrected chi connectivity index (χ0v) is 10.1. The van der Waals surface area contributed by atoms with Gasteiger partial charge in [0.2, 0.25) is 0 Å². The average Bonchev–Trinajstić information content (AvgIpc) is 2.08. The van der Waals surface area contributed by atoms with Gasteiger partial charge >= 0.3 is 0 Å². The molecule has 0 amide bonds. The third kappa shape index (κ3) is 2.25. The summed E-state index contributed by atoms with van der Waals surface area (Å²) in [6.45, 7) is 6.40. The molecule has 0 unspecified atom stereocenters. The van der Waals surface area contributed by atoms with Crippen molar-refractivity contribution in [1.82, 2.24) is 0 Å². The number of hydrogen-bond donors (Lipinski definition) is 0. The molecule has 0 bridgehead atoms. The van der Waals surface area contributed by atoms with Gasteiger partial charge in [0.25, 0.3) is 0 Å². The predicted octanol–water partition coefficient (Wildman–Crippen LogP) is 3.89. The second-order valence-corrected chi connectivity index (χ2v) is 4.35. The van der Waals surface area contributed by atoms with Crippen LogP contribution >= 0.6 is 15.9 Å². The Morgan fingerprint density at radius 2 is 1.92 bits per heavy atom. The molecule has 1 nitrogen and oxygen atoms in total. The molecule has 0 aliphatic heterocycles. The van der Waals surface area contributed by atoms with E-state index in [9.17, 15) is 0 Å². The minimum atomic E-state index is 0.492. The van der Waals surface area contributed by atoms with Gasteiger partial charge in [-0.3, -0.25) is 0 Å². The van der Waals surface area contributed by atoms with Gasteiger partial charge in [-0.05, 0) is 36.1 Å². The number of ether oxygens (including phenoxy) is 1. The quantitative estimate of drug-likeness (QED) is 0.765. The lowest BCUT2D eigenvalue weighted by atomic mass is 10.0. The van der Waals surface area contributed by atoms with E-state index in [2.05, 4.69) is 48.8 Å². The predicted molar refractivity (Wildman–Crippen MR) is 59.5 cm³/mol. The van der Waals surface area contributed by atoms with Crippen molar-refractivity contribution in [2.75, 3.05) is 7.11 Å². The van der Waals surface area contributed by atoms with Crippen molar-refractivity contribution in [3.63, 3.8) is 0 Å². The number of rotatable bonds is 2. The highest BCUT2D eigenvalue weighted by Gasteiger charge is 2.09. The van der Waals surface area contributed by atoms with Gasteiger partial charge in [0.15, 0.2) is 0 Å². The number of methoxy groups -OCH3 is 1. The lowest BCUT2D eigenvalue weighted by Gasteiger charge is -2.13. The molecule has 0 N–H and O–H groups in total. The summed E-state index contributed by atoms with van der Waals surface area (Å²) >= 11 is 3.52. The van der Waals surface area contributed by atoms with Gasteiger partial charge in [-0.25, -0.2) is 0 Å². The van der Waals surface area contributed by atoms with Gasteiger partial charge < -0.3 is 4.74 Å². The van der Waals surface area contributed by atoms with E-state index in [0.29, 0.717) is 5.92 Å². The summed E-state index contributed by atoms with van der Waals surface area (Å²) in [7, 11) is 1.72. The molecule has 0 aliphatic carbocycles. The monoisotopic (exact) mass is 242 g/mol. The third-order valence-electron chi connectivity index (χ3n) is 2.13. The van der Waals surface area contributed by atoms with E-state index >= 15 is 0 Å². The first-order chi connectivity index (χ1) is 6.06. The van der Waals surface area contributed by atoms with Crippen LogP contribution in [0, 0.1) is 6.92 Å². The molecule has 72 valence electrons. The topological polar surface area (TPSA) is 9.23 Å². The molecule has 0 radical (unpaired) electrons. The fourth-order valence-corrected chi connectivity index (χ4v) is 1.66. The summed E-state index contributed by atoms with van der Waals surface area (Å²) in [5.74, 6) is 1.47. The molecule has 13 heavy (non-hydrogen) atoms. The second kappa shape index (κ2) is 4.14. The molecule has 0 heterocycles.